The van der Waals surface area contributed by atoms with Crippen LogP contribution in [0.1, 0.15) is 24.3 Å². The van der Waals surface area contributed by atoms with Crippen molar-refractivity contribution in [3.05, 3.63) is 35.9 Å². The van der Waals surface area contributed by atoms with Crippen molar-refractivity contribution < 1.29 is 9.84 Å². The molecule has 0 radical (unpaired) electrons. The van der Waals surface area contributed by atoms with Crippen LogP contribution in [0.5, 0.6) is 0 Å². The van der Waals surface area contributed by atoms with Gasteiger partial charge in [0.15, 0.2) is 0 Å². The van der Waals surface area contributed by atoms with Gasteiger partial charge in [0.2, 0.25) is 0 Å². The molecule has 3 nitrogen and oxygen atoms in total. The first-order valence-corrected chi connectivity index (χ1v) is 6.40. The maximum Gasteiger partial charge on any atom is 0.0948 e. The minimum atomic E-state index is -0.328. The van der Waals surface area contributed by atoms with Gasteiger partial charge in [-0.1, -0.05) is 30.3 Å². The summed E-state index contributed by atoms with van der Waals surface area (Å²) in [5.74, 6) is 0.688. The zero-order valence-corrected chi connectivity index (χ0v) is 9.88. The van der Waals surface area contributed by atoms with E-state index in [4.69, 9.17) is 4.74 Å². The molecule has 1 aromatic rings. The highest BCUT2D eigenvalue weighted by Crippen LogP contribution is 2.37. The average molecular weight is 233 g/mol. The van der Waals surface area contributed by atoms with E-state index in [1.54, 1.807) is 0 Å². The second-order valence-corrected chi connectivity index (χ2v) is 5.15. The Morgan fingerprint density at radius 3 is 2.53 bits per heavy atom. The fraction of sp³-hybridized carbons (Fsp3) is 0.571. The standard InChI is InChI=1S/C14H19NO2/c16-14-9-17-8-13(14)15-12-6-11(7-12)10-4-2-1-3-5-10/h1-5,11-16H,6-9H2/t11?,12?,13-,14+/m1/s1. The molecule has 2 fully saturated rings. The van der Waals surface area contributed by atoms with Crippen LogP contribution in [-0.2, 0) is 4.74 Å². The van der Waals surface area contributed by atoms with Gasteiger partial charge in [-0.15, -0.1) is 0 Å². The summed E-state index contributed by atoms with van der Waals surface area (Å²) in [5, 5.41) is 13.1. The zero-order valence-electron chi connectivity index (χ0n) is 9.88. The van der Waals surface area contributed by atoms with E-state index in [1.165, 1.54) is 18.4 Å². The minimum Gasteiger partial charge on any atom is -0.389 e. The first-order chi connectivity index (χ1) is 8.33. The van der Waals surface area contributed by atoms with Gasteiger partial charge in [-0.2, -0.15) is 0 Å². The molecule has 2 N–H and O–H groups in total. The number of hydrogen-bond acceptors (Lipinski definition) is 3. The summed E-state index contributed by atoms with van der Waals surface area (Å²) in [6.45, 7) is 1.13. The van der Waals surface area contributed by atoms with Crippen LogP contribution in [-0.4, -0.2) is 36.5 Å². The summed E-state index contributed by atoms with van der Waals surface area (Å²) in [6.07, 6.45) is 2.02. The van der Waals surface area contributed by atoms with Crippen LogP contribution >= 0.6 is 0 Å². The molecule has 2 aliphatic rings. The number of aliphatic hydroxyl groups excluding tert-OH is 1. The van der Waals surface area contributed by atoms with Crippen molar-refractivity contribution >= 4 is 0 Å². The molecule has 0 bridgehead atoms. The maximum absolute atomic E-state index is 9.65. The van der Waals surface area contributed by atoms with E-state index in [0.717, 1.165) is 0 Å². The summed E-state index contributed by atoms with van der Waals surface area (Å²) < 4.78 is 5.24. The molecule has 3 rings (SSSR count). The topological polar surface area (TPSA) is 41.5 Å². The van der Waals surface area contributed by atoms with Gasteiger partial charge in [-0.3, -0.25) is 0 Å². The third-order valence-electron chi connectivity index (χ3n) is 3.91. The summed E-state index contributed by atoms with van der Waals surface area (Å²) in [6, 6.07) is 11.3. The van der Waals surface area contributed by atoms with E-state index in [0.29, 0.717) is 25.2 Å². The van der Waals surface area contributed by atoms with Gasteiger partial charge in [0, 0.05) is 6.04 Å². The zero-order chi connectivity index (χ0) is 11.7. The Balaban J connectivity index is 1.49. The number of benzene rings is 1. The highest BCUT2D eigenvalue weighted by atomic mass is 16.5. The predicted molar refractivity (Wildman–Crippen MR) is 66.0 cm³/mol. The summed E-state index contributed by atoms with van der Waals surface area (Å²) in [5.41, 5.74) is 1.44. The molecule has 0 unspecified atom stereocenters. The quantitative estimate of drug-likeness (QED) is 0.826. The molecule has 0 amide bonds. The number of ether oxygens (including phenoxy) is 1. The third kappa shape index (κ3) is 2.37. The van der Waals surface area contributed by atoms with E-state index in [1.807, 2.05) is 0 Å². The summed E-state index contributed by atoms with van der Waals surface area (Å²) in [4.78, 5) is 0. The fourth-order valence-electron chi connectivity index (χ4n) is 2.76. The van der Waals surface area contributed by atoms with Crippen molar-refractivity contribution in [1.82, 2.24) is 5.32 Å². The third-order valence-corrected chi connectivity index (χ3v) is 3.91. The summed E-state index contributed by atoms with van der Waals surface area (Å²) >= 11 is 0. The SMILES string of the molecule is O[C@H]1COC[C@H]1NC1CC(c2ccccc2)C1. The van der Waals surface area contributed by atoms with E-state index in [-0.39, 0.29) is 12.1 Å². The van der Waals surface area contributed by atoms with Crippen molar-refractivity contribution in [2.75, 3.05) is 13.2 Å². The lowest BCUT2D eigenvalue weighted by Crippen LogP contribution is -2.49. The highest BCUT2D eigenvalue weighted by Gasteiger charge is 2.35. The van der Waals surface area contributed by atoms with Gasteiger partial charge in [0.05, 0.1) is 25.4 Å². The Labute approximate surface area is 102 Å². The molecule has 1 aliphatic carbocycles. The first-order valence-electron chi connectivity index (χ1n) is 6.40. The Morgan fingerprint density at radius 1 is 1.12 bits per heavy atom. The van der Waals surface area contributed by atoms with Crippen LogP contribution in [0.15, 0.2) is 30.3 Å². The van der Waals surface area contributed by atoms with E-state index in [9.17, 15) is 5.11 Å². The van der Waals surface area contributed by atoms with Crippen molar-refractivity contribution in [1.29, 1.82) is 0 Å². The van der Waals surface area contributed by atoms with Crippen molar-refractivity contribution in [2.24, 2.45) is 0 Å². The molecular weight excluding hydrogens is 214 g/mol. The van der Waals surface area contributed by atoms with Gasteiger partial charge >= 0.3 is 0 Å². The lowest BCUT2D eigenvalue weighted by Gasteiger charge is -2.38. The Bertz CT molecular complexity index is 362. The molecule has 2 atom stereocenters. The van der Waals surface area contributed by atoms with Crippen molar-refractivity contribution in [2.45, 2.75) is 36.9 Å². The van der Waals surface area contributed by atoms with Crippen LogP contribution in [0, 0.1) is 0 Å². The van der Waals surface area contributed by atoms with Crippen LogP contribution in [0.25, 0.3) is 0 Å². The van der Waals surface area contributed by atoms with Crippen LogP contribution in [0.2, 0.25) is 0 Å². The van der Waals surface area contributed by atoms with Gasteiger partial charge < -0.3 is 15.2 Å². The molecule has 1 saturated carbocycles. The molecule has 1 heterocycles. The largest absolute Gasteiger partial charge is 0.389 e. The number of aliphatic hydroxyl groups is 1. The molecule has 17 heavy (non-hydrogen) atoms. The highest BCUT2D eigenvalue weighted by molar-refractivity contribution is 5.22. The van der Waals surface area contributed by atoms with E-state index >= 15 is 0 Å². The number of hydrogen-bond donors (Lipinski definition) is 2. The van der Waals surface area contributed by atoms with Crippen LogP contribution in [0.4, 0.5) is 0 Å². The van der Waals surface area contributed by atoms with Crippen molar-refractivity contribution in [3.63, 3.8) is 0 Å². The lowest BCUT2D eigenvalue weighted by molar-refractivity contribution is 0.118. The fourth-order valence-corrected chi connectivity index (χ4v) is 2.76. The van der Waals surface area contributed by atoms with Gasteiger partial charge in [0.25, 0.3) is 0 Å². The van der Waals surface area contributed by atoms with E-state index < -0.39 is 0 Å². The van der Waals surface area contributed by atoms with Crippen molar-refractivity contribution in [3.8, 4) is 0 Å². The van der Waals surface area contributed by atoms with Gasteiger partial charge in [-0.05, 0) is 24.3 Å². The minimum absolute atomic E-state index is 0.136. The van der Waals surface area contributed by atoms with Gasteiger partial charge in [-0.25, -0.2) is 0 Å². The van der Waals surface area contributed by atoms with Crippen LogP contribution in [0.3, 0.4) is 0 Å². The number of nitrogens with one attached hydrogen (secondary N) is 1. The molecule has 1 saturated heterocycles. The second-order valence-electron chi connectivity index (χ2n) is 5.15. The molecular formula is C14H19NO2. The molecule has 0 spiro atoms. The molecule has 1 aliphatic heterocycles. The second kappa shape index (κ2) is 4.77. The Hall–Kier alpha value is -0.900. The molecule has 0 aromatic heterocycles. The molecule has 92 valence electrons. The predicted octanol–water partition coefficient (Wildman–Crippen LogP) is 1.28. The monoisotopic (exact) mass is 233 g/mol. The van der Waals surface area contributed by atoms with E-state index in [2.05, 4.69) is 35.6 Å². The van der Waals surface area contributed by atoms with Gasteiger partial charge in [0.1, 0.15) is 0 Å². The summed E-state index contributed by atoms with van der Waals surface area (Å²) in [7, 11) is 0. The first kappa shape index (κ1) is 11.2. The smallest absolute Gasteiger partial charge is 0.0948 e. The lowest BCUT2D eigenvalue weighted by atomic mass is 9.75. The molecule has 3 heteroatoms. The number of rotatable bonds is 3. The average Bonchev–Trinajstić information content (AvgIpc) is 2.70. The normalized spacial score (nSPS) is 36.8. The Morgan fingerprint density at radius 2 is 1.88 bits per heavy atom. The maximum atomic E-state index is 9.65. The molecule has 1 aromatic carbocycles. The Kier molecular flexibility index (Phi) is 3.14. The van der Waals surface area contributed by atoms with Crippen LogP contribution < -0.4 is 5.32 Å².